The van der Waals surface area contributed by atoms with Crippen molar-refractivity contribution in [2.24, 2.45) is 0 Å². The predicted octanol–water partition coefficient (Wildman–Crippen LogP) is 3.40. The van der Waals surface area contributed by atoms with Gasteiger partial charge in [0, 0.05) is 31.5 Å². The van der Waals surface area contributed by atoms with E-state index in [1.54, 1.807) is 4.90 Å². The first-order valence-corrected chi connectivity index (χ1v) is 8.11. The molecule has 2 aromatic rings. The molecule has 1 aliphatic heterocycles. The van der Waals surface area contributed by atoms with Crippen LogP contribution in [0, 0.1) is 5.82 Å². The third kappa shape index (κ3) is 3.47. The first kappa shape index (κ1) is 17.0. The second-order valence-corrected chi connectivity index (χ2v) is 6.11. The van der Waals surface area contributed by atoms with E-state index in [4.69, 9.17) is 0 Å². The fourth-order valence-electron chi connectivity index (χ4n) is 3.17. The molecule has 0 aromatic heterocycles. The Labute approximate surface area is 145 Å². The number of para-hydroxylation sites is 1. The second kappa shape index (κ2) is 6.93. The lowest BCUT2D eigenvalue weighted by molar-refractivity contribution is -0.116. The number of benzene rings is 2. The van der Waals surface area contributed by atoms with Crippen LogP contribution in [0.1, 0.15) is 31.2 Å². The summed E-state index contributed by atoms with van der Waals surface area (Å²) < 4.78 is 13.7. The summed E-state index contributed by atoms with van der Waals surface area (Å²) in [5, 5.41) is 11.8. The Balaban J connectivity index is 1.65. The first-order valence-electron chi connectivity index (χ1n) is 8.11. The topological polar surface area (TPSA) is 69.6 Å². The molecule has 25 heavy (non-hydrogen) atoms. The van der Waals surface area contributed by atoms with Gasteiger partial charge in [0.25, 0.3) is 0 Å². The van der Waals surface area contributed by atoms with E-state index in [9.17, 15) is 19.1 Å². The number of aromatic hydroxyl groups is 1. The lowest BCUT2D eigenvalue weighted by atomic mass is 9.96. The lowest BCUT2D eigenvalue weighted by Gasteiger charge is -2.15. The zero-order chi connectivity index (χ0) is 18.0. The van der Waals surface area contributed by atoms with Crippen LogP contribution in [0.25, 0.3) is 0 Å². The minimum absolute atomic E-state index is 0.0266. The summed E-state index contributed by atoms with van der Waals surface area (Å²) in [5.74, 6) is -1.63. The number of anilines is 2. The number of fused-ring (bicyclic) bond motifs is 1. The zero-order valence-corrected chi connectivity index (χ0v) is 13.8. The summed E-state index contributed by atoms with van der Waals surface area (Å²) in [4.78, 5) is 25.6. The van der Waals surface area contributed by atoms with Crippen LogP contribution in [0.15, 0.2) is 42.5 Å². The quantitative estimate of drug-likeness (QED) is 0.895. The lowest BCUT2D eigenvalue weighted by Crippen LogP contribution is -2.27. The molecule has 1 aliphatic rings. The highest BCUT2D eigenvalue weighted by Gasteiger charge is 2.30. The molecule has 130 valence electrons. The normalized spacial score (nSPS) is 15.8. The van der Waals surface area contributed by atoms with Gasteiger partial charge >= 0.3 is 0 Å². The number of phenolic OH excluding ortho intramolecular Hbond substituents is 1. The fourth-order valence-corrected chi connectivity index (χ4v) is 3.17. The van der Waals surface area contributed by atoms with Crippen LogP contribution >= 0.6 is 0 Å². The molecule has 5 nitrogen and oxygen atoms in total. The van der Waals surface area contributed by atoms with Gasteiger partial charge < -0.3 is 15.3 Å². The zero-order valence-electron chi connectivity index (χ0n) is 13.8. The van der Waals surface area contributed by atoms with E-state index in [0.29, 0.717) is 13.0 Å². The van der Waals surface area contributed by atoms with Gasteiger partial charge in [-0.3, -0.25) is 9.59 Å². The summed E-state index contributed by atoms with van der Waals surface area (Å²) >= 11 is 0. The van der Waals surface area contributed by atoms with Crippen molar-refractivity contribution in [2.75, 3.05) is 16.8 Å². The van der Waals surface area contributed by atoms with Crippen molar-refractivity contribution in [2.45, 2.75) is 25.7 Å². The van der Waals surface area contributed by atoms with E-state index in [1.165, 1.54) is 25.1 Å². The summed E-state index contributed by atoms with van der Waals surface area (Å²) in [6.07, 6.45) is 0.743. The van der Waals surface area contributed by atoms with Crippen LogP contribution in [-0.4, -0.2) is 23.5 Å². The maximum absolute atomic E-state index is 13.7. The molecule has 3 rings (SSSR count). The van der Waals surface area contributed by atoms with Crippen LogP contribution < -0.4 is 10.2 Å². The predicted molar refractivity (Wildman–Crippen MR) is 93.1 cm³/mol. The number of nitrogens with one attached hydrogen (secondary N) is 1. The van der Waals surface area contributed by atoms with E-state index in [-0.39, 0.29) is 29.8 Å². The maximum Gasteiger partial charge on any atom is 0.224 e. The number of nitrogens with zero attached hydrogens (tertiary/aromatic N) is 1. The Morgan fingerprint density at radius 2 is 2.00 bits per heavy atom. The number of rotatable bonds is 4. The molecule has 0 unspecified atom stereocenters. The molecule has 2 amide bonds. The Morgan fingerprint density at radius 3 is 2.76 bits per heavy atom. The average molecular weight is 342 g/mol. The van der Waals surface area contributed by atoms with E-state index in [2.05, 4.69) is 5.32 Å². The molecule has 6 heteroatoms. The molecule has 1 atom stereocenters. The number of hydrogen-bond acceptors (Lipinski definition) is 3. The van der Waals surface area contributed by atoms with Gasteiger partial charge in [-0.05, 0) is 30.2 Å². The van der Waals surface area contributed by atoms with Gasteiger partial charge in [0.15, 0.2) is 11.6 Å². The molecule has 0 saturated carbocycles. The smallest absolute Gasteiger partial charge is 0.224 e. The molecule has 2 N–H and O–H groups in total. The molecule has 2 aromatic carbocycles. The Bertz CT molecular complexity index is 822. The summed E-state index contributed by atoms with van der Waals surface area (Å²) in [6, 6.07) is 11.7. The molecular weight excluding hydrogens is 323 g/mol. The summed E-state index contributed by atoms with van der Waals surface area (Å²) in [7, 11) is 0. The molecule has 0 aliphatic carbocycles. The maximum atomic E-state index is 13.7. The molecular formula is C19H19FN2O3. The molecule has 1 heterocycles. The van der Waals surface area contributed by atoms with Crippen LogP contribution in [0.3, 0.4) is 0 Å². The van der Waals surface area contributed by atoms with Gasteiger partial charge in [-0.2, -0.15) is 0 Å². The molecule has 0 radical (unpaired) electrons. The minimum atomic E-state index is -0.843. The highest BCUT2D eigenvalue weighted by atomic mass is 19.1. The van der Waals surface area contributed by atoms with E-state index >= 15 is 0 Å². The third-order valence-electron chi connectivity index (χ3n) is 4.42. The van der Waals surface area contributed by atoms with Gasteiger partial charge in [-0.1, -0.05) is 24.3 Å². The summed E-state index contributed by atoms with van der Waals surface area (Å²) in [5.41, 5.74) is 1.90. The van der Waals surface area contributed by atoms with Crippen molar-refractivity contribution in [3.8, 4) is 5.75 Å². The van der Waals surface area contributed by atoms with Crippen molar-refractivity contribution in [3.05, 3.63) is 53.8 Å². The standard InChI is InChI=1S/C19H19FN2O3/c1-12(23)22-11-13(14-5-2-3-7-16(14)22)9-10-18(25)21-15-6-4-8-17(24)19(15)20/h2-8,13,24H,9-11H2,1H3,(H,21,25)/t13-/m0/s1. The second-order valence-electron chi connectivity index (χ2n) is 6.11. The van der Waals surface area contributed by atoms with Gasteiger partial charge in [-0.25, -0.2) is 4.39 Å². The van der Waals surface area contributed by atoms with Crippen molar-refractivity contribution in [1.82, 2.24) is 0 Å². The van der Waals surface area contributed by atoms with E-state index in [1.807, 2.05) is 24.3 Å². The largest absolute Gasteiger partial charge is 0.505 e. The van der Waals surface area contributed by atoms with E-state index in [0.717, 1.165) is 11.3 Å². The summed E-state index contributed by atoms with van der Waals surface area (Å²) in [6.45, 7) is 2.07. The number of phenols is 1. The molecule has 0 spiro atoms. The highest BCUT2D eigenvalue weighted by Crippen LogP contribution is 2.38. The Morgan fingerprint density at radius 1 is 1.24 bits per heavy atom. The number of hydrogen-bond donors (Lipinski definition) is 2. The Kier molecular flexibility index (Phi) is 4.70. The fraction of sp³-hybridized carbons (Fsp3) is 0.263. The number of amides is 2. The van der Waals surface area contributed by atoms with E-state index < -0.39 is 11.6 Å². The molecule has 0 fully saturated rings. The average Bonchev–Trinajstić information content (AvgIpc) is 2.96. The van der Waals surface area contributed by atoms with Crippen molar-refractivity contribution >= 4 is 23.2 Å². The Hall–Kier alpha value is -2.89. The molecule has 0 bridgehead atoms. The van der Waals surface area contributed by atoms with Crippen molar-refractivity contribution in [3.63, 3.8) is 0 Å². The number of halogens is 1. The van der Waals surface area contributed by atoms with Gasteiger partial charge in [0.05, 0.1) is 5.69 Å². The van der Waals surface area contributed by atoms with Crippen LogP contribution in [-0.2, 0) is 9.59 Å². The van der Waals surface area contributed by atoms with Crippen molar-refractivity contribution in [1.29, 1.82) is 0 Å². The van der Waals surface area contributed by atoms with Crippen LogP contribution in [0.5, 0.6) is 5.75 Å². The van der Waals surface area contributed by atoms with Gasteiger partial charge in [-0.15, -0.1) is 0 Å². The molecule has 0 saturated heterocycles. The van der Waals surface area contributed by atoms with Crippen LogP contribution in [0.4, 0.5) is 15.8 Å². The number of carbonyl (C=O) groups excluding carboxylic acids is 2. The first-order chi connectivity index (χ1) is 12.0. The van der Waals surface area contributed by atoms with Crippen LogP contribution in [0.2, 0.25) is 0 Å². The third-order valence-corrected chi connectivity index (χ3v) is 4.42. The van der Waals surface area contributed by atoms with Gasteiger partial charge in [0.1, 0.15) is 0 Å². The minimum Gasteiger partial charge on any atom is -0.505 e. The van der Waals surface area contributed by atoms with Gasteiger partial charge in [0.2, 0.25) is 11.8 Å². The SMILES string of the molecule is CC(=O)N1C[C@H](CCC(=O)Nc2cccc(O)c2F)c2ccccc21. The van der Waals surface area contributed by atoms with Crippen molar-refractivity contribution < 1.29 is 19.1 Å². The number of carbonyl (C=O) groups is 2. The monoisotopic (exact) mass is 342 g/mol. The highest BCUT2D eigenvalue weighted by molar-refractivity contribution is 5.94.